The Morgan fingerprint density at radius 2 is 1.73 bits per heavy atom. The first-order valence-electron chi connectivity index (χ1n) is 9.97. The third-order valence-corrected chi connectivity index (χ3v) is 5.08. The molecular formula is C23H22N6O. The lowest BCUT2D eigenvalue weighted by Gasteiger charge is -2.34. The topological polar surface area (TPSA) is 68.1 Å². The van der Waals surface area contributed by atoms with Crippen LogP contribution in [0.5, 0.6) is 0 Å². The van der Waals surface area contributed by atoms with Crippen molar-refractivity contribution in [3.05, 3.63) is 90.9 Å². The first-order chi connectivity index (χ1) is 14.8. The maximum Gasteiger partial charge on any atom is 0.246 e. The quantitative estimate of drug-likeness (QED) is 0.548. The molecule has 1 saturated heterocycles. The van der Waals surface area contributed by atoms with Crippen LogP contribution in [0.1, 0.15) is 11.7 Å². The molecule has 0 aliphatic carbocycles. The molecule has 3 heterocycles. The number of ether oxygens (including phenoxy) is 1. The van der Waals surface area contributed by atoms with Gasteiger partial charge in [0.2, 0.25) is 5.95 Å². The second-order valence-corrected chi connectivity index (χ2v) is 7.09. The molecule has 0 saturated carbocycles. The van der Waals surface area contributed by atoms with Crippen LogP contribution in [0.3, 0.4) is 0 Å². The van der Waals surface area contributed by atoms with E-state index in [4.69, 9.17) is 4.74 Å². The van der Waals surface area contributed by atoms with Crippen LogP contribution in [0, 0.1) is 0 Å². The number of pyridine rings is 1. The fourth-order valence-electron chi connectivity index (χ4n) is 3.55. The largest absolute Gasteiger partial charge is 0.370 e. The summed E-state index contributed by atoms with van der Waals surface area (Å²) in [4.78, 5) is 11.2. The fourth-order valence-corrected chi connectivity index (χ4v) is 3.55. The Balaban J connectivity index is 1.33. The molecule has 1 aliphatic heterocycles. The van der Waals surface area contributed by atoms with E-state index >= 15 is 0 Å². The lowest BCUT2D eigenvalue weighted by atomic mass is 10.1. The second-order valence-electron chi connectivity index (χ2n) is 7.09. The molecule has 1 aliphatic rings. The predicted octanol–water partition coefficient (Wildman–Crippen LogP) is 3.98. The Morgan fingerprint density at radius 1 is 0.933 bits per heavy atom. The van der Waals surface area contributed by atoms with Gasteiger partial charge >= 0.3 is 0 Å². The number of benzene rings is 2. The molecule has 7 heteroatoms. The number of aromatic nitrogens is 4. The minimum Gasteiger partial charge on any atom is -0.370 e. The average molecular weight is 398 g/mol. The molecule has 0 amide bonds. The molecule has 4 aromatic rings. The minimum absolute atomic E-state index is 0.0402. The standard InChI is InChI=1S/C23H22N6O/c1-3-7-18(8-4-1)21-16-28(13-14-30-21)22-15-20(11-12-24-22)29-17-25-23(27-29)26-19-9-5-2-6-10-19/h1-12,15,17,21H,13-14,16H2,(H,26,27). The van der Waals surface area contributed by atoms with E-state index in [0.29, 0.717) is 12.6 Å². The fraction of sp³-hybridized carbons (Fsp3) is 0.174. The van der Waals surface area contributed by atoms with Crippen molar-refractivity contribution in [2.45, 2.75) is 6.10 Å². The Hall–Kier alpha value is -3.71. The highest BCUT2D eigenvalue weighted by Crippen LogP contribution is 2.26. The number of hydrogen-bond donors (Lipinski definition) is 1. The molecular weight excluding hydrogens is 376 g/mol. The number of nitrogens with zero attached hydrogens (tertiary/aromatic N) is 5. The van der Waals surface area contributed by atoms with Gasteiger partial charge in [-0.05, 0) is 23.8 Å². The van der Waals surface area contributed by atoms with Gasteiger partial charge in [-0.15, -0.1) is 5.10 Å². The van der Waals surface area contributed by atoms with Crippen molar-refractivity contribution in [2.75, 3.05) is 29.9 Å². The maximum atomic E-state index is 5.99. The first-order valence-corrected chi connectivity index (χ1v) is 9.97. The van der Waals surface area contributed by atoms with Crippen molar-refractivity contribution >= 4 is 17.5 Å². The molecule has 5 rings (SSSR count). The van der Waals surface area contributed by atoms with Gasteiger partial charge in [0.15, 0.2) is 0 Å². The van der Waals surface area contributed by atoms with Gasteiger partial charge in [-0.2, -0.15) is 4.98 Å². The second kappa shape index (κ2) is 8.34. The zero-order valence-corrected chi connectivity index (χ0v) is 16.4. The monoisotopic (exact) mass is 398 g/mol. The third-order valence-electron chi connectivity index (χ3n) is 5.08. The normalized spacial score (nSPS) is 16.4. The van der Waals surface area contributed by atoms with E-state index in [9.17, 15) is 0 Å². The molecule has 1 unspecified atom stereocenters. The van der Waals surface area contributed by atoms with Crippen molar-refractivity contribution in [1.82, 2.24) is 19.7 Å². The molecule has 150 valence electrons. The summed E-state index contributed by atoms with van der Waals surface area (Å²) in [5, 5.41) is 7.76. The number of para-hydroxylation sites is 1. The third kappa shape index (κ3) is 4.01. The van der Waals surface area contributed by atoms with Crippen molar-refractivity contribution in [3.63, 3.8) is 0 Å². The summed E-state index contributed by atoms with van der Waals surface area (Å²) in [6.07, 6.45) is 3.55. The van der Waals surface area contributed by atoms with Gasteiger partial charge in [0.05, 0.1) is 12.3 Å². The molecule has 7 nitrogen and oxygen atoms in total. The summed E-state index contributed by atoms with van der Waals surface area (Å²) < 4.78 is 7.74. The maximum absolute atomic E-state index is 5.99. The Bertz CT molecular complexity index is 1100. The van der Waals surface area contributed by atoms with Crippen LogP contribution in [0.2, 0.25) is 0 Å². The summed E-state index contributed by atoms with van der Waals surface area (Å²) in [5.41, 5.74) is 3.05. The molecule has 2 aromatic heterocycles. The van der Waals surface area contributed by atoms with Crippen LogP contribution < -0.4 is 10.2 Å². The van der Waals surface area contributed by atoms with Gasteiger partial charge < -0.3 is 15.0 Å². The summed E-state index contributed by atoms with van der Waals surface area (Å²) in [7, 11) is 0. The van der Waals surface area contributed by atoms with Gasteiger partial charge in [0, 0.05) is 31.0 Å². The molecule has 0 bridgehead atoms. The first kappa shape index (κ1) is 18.3. The van der Waals surface area contributed by atoms with Crippen LogP contribution in [-0.2, 0) is 4.74 Å². The predicted molar refractivity (Wildman–Crippen MR) is 116 cm³/mol. The highest BCUT2D eigenvalue weighted by Gasteiger charge is 2.23. The summed E-state index contributed by atoms with van der Waals surface area (Å²) in [6, 6.07) is 24.2. The van der Waals surface area contributed by atoms with Crippen LogP contribution in [0.4, 0.5) is 17.5 Å². The minimum atomic E-state index is 0.0402. The number of rotatable bonds is 5. The number of morpholine rings is 1. The number of hydrogen-bond acceptors (Lipinski definition) is 6. The van der Waals surface area contributed by atoms with Gasteiger partial charge in [0.25, 0.3) is 0 Å². The smallest absolute Gasteiger partial charge is 0.246 e. The van der Waals surface area contributed by atoms with Gasteiger partial charge in [0.1, 0.15) is 18.2 Å². The van der Waals surface area contributed by atoms with Crippen LogP contribution in [0.25, 0.3) is 5.69 Å². The summed E-state index contributed by atoms with van der Waals surface area (Å²) in [5.74, 6) is 1.46. The molecule has 0 radical (unpaired) electrons. The lowest BCUT2D eigenvalue weighted by Crippen LogP contribution is -2.38. The van der Waals surface area contributed by atoms with E-state index in [-0.39, 0.29) is 6.10 Å². The molecule has 1 atom stereocenters. The Labute approximate surface area is 175 Å². The molecule has 2 aromatic carbocycles. The Morgan fingerprint density at radius 3 is 2.57 bits per heavy atom. The summed E-state index contributed by atoms with van der Waals surface area (Å²) >= 11 is 0. The highest BCUT2D eigenvalue weighted by molar-refractivity contribution is 5.53. The van der Waals surface area contributed by atoms with E-state index in [1.54, 1.807) is 11.0 Å². The van der Waals surface area contributed by atoms with Crippen molar-refractivity contribution in [3.8, 4) is 5.69 Å². The van der Waals surface area contributed by atoms with E-state index in [0.717, 1.165) is 30.3 Å². The zero-order chi connectivity index (χ0) is 20.2. The Kier molecular flexibility index (Phi) is 5.10. The van der Waals surface area contributed by atoms with Gasteiger partial charge in [-0.1, -0.05) is 48.5 Å². The molecule has 1 N–H and O–H groups in total. The van der Waals surface area contributed by atoms with E-state index < -0.39 is 0 Å². The van der Waals surface area contributed by atoms with E-state index in [1.165, 1.54) is 5.56 Å². The van der Waals surface area contributed by atoms with Crippen LogP contribution >= 0.6 is 0 Å². The van der Waals surface area contributed by atoms with E-state index in [1.807, 2.05) is 66.9 Å². The summed E-state index contributed by atoms with van der Waals surface area (Å²) in [6.45, 7) is 2.23. The average Bonchev–Trinajstić information content (AvgIpc) is 3.29. The van der Waals surface area contributed by atoms with Gasteiger partial charge in [-0.3, -0.25) is 0 Å². The van der Waals surface area contributed by atoms with Gasteiger partial charge in [-0.25, -0.2) is 9.67 Å². The van der Waals surface area contributed by atoms with Crippen molar-refractivity contribution in [2.24, 2.45) is 0 Å². The molecule has 0 spiro atoms. The SMILES string of the molecule is c1ccc(Nc2ncn(-c3ccnc(N4CCOC(c5ccccc5)C4)c3)n2)cc1. The lowest BCUT2D eigenvalue weighted by molar-refractivity contribution is 0.0395. The van der Waals surface area contributed by atoms with E-state index in [2.05, 4.69) is 37.4 Å². The zero-order valence-electron chi connectivity index (χ0n) is 16.4. The molecule has 30 heavy (non-hydrogen) atoms. The van der Waals surface area contributed by atoms with Crippen molar-refractivity contribution in [1.29, 1.82) is 0 Å². The van der Waals surface area contributed by atoms with Crippen LogP contribution in [-0.4, -0.2) is 39.4 Å². The van der Waals surface area contributed by atoms with Crippen molar-refractivity contribution < 1.29 is 4.74 Å². The molecule has 1 fully saturated rings. The number of anilines is 3. The highest BCUT2D eigenvalue weighted by atomic mass is 16.5. The van der Waals surface area contributed by atoms with Crippen LogP contribution in [0.15, 0.2) is 85.3 Å². The number of nitrogens with one attached hydrogen (secondary N) is 1.